The van der Waals surface area contributed by atoms with Gasteiger partial charge in [-0.25, -0.2) is 0 Å². The number of carbonyl (C=O) groups excluding carboxylic acids is 1. The van der Waals surface area contributed by atoms with Crippen molar-refractivity contribution in [3.63, 3.8) is 0 Å². The maximum atomic E-state index is 13.6. The van der Waals surface area contributed by atoms with Crippen molar-refractivity contribution in [2.75, 3.05) is 6.54 Å². The normalized spacial score (nSPS) is 11.8. The molecule has 4 aromatic rings. The highest BCUT2D eigenvalue weighted by Gasteiger charge is 2.25. The van der Waals surface area contributed by atoms with E-state index in [1.54, 1.807) is 17.3 Å². The molecule has 1 N–H and O–H groups in total. The first-order chi connectivity index (χ1) is 16.6. The van der Waals surface area contributed by atoms with Gasteiger partial charge in [-0.05, 0) is 46.9 Å². The summed E-state index contributed by atoms with van der Waals surface area (Å²) in [7, 11) is 0. The van der Waals surface area contributed by atoms with E-state index in [9.17, 15) is 4.79 Å². The molecule has 1 amide bonds. The van der Waals surface area contributed by atoms with Crippen molar-refractivity contribution in [2.24, 2.45) is 0 Å². The van der Waals surface area contributed by atoms with E-state index in [1.165, 1.54) is 5.56 Å². The predicted molar refractivity (Wildman–Crippen MR) is 135 cm³/mol. The van der Waals surface area contributed by atoms with Crippen LogP contribution < -0.4 is 0 Å². The van der Waals surface area contributed by atoms with Crippen LogP contribution in [0.2, 0.25) is 5.02 Å². The fraction of sp³-hybridized carbons (Fsp3) is 0.250. The van der Waals surface area contributed by atoms with Crippen molar-refractivity contribution in [1.29, 1.82) is 5.26 Å². The first kappa shape index (κ1) is 23.5. The largest absolute Gasteiger partial charge is 0.361 e. The number of halogens is 1. The molecule has 0 fully saturated rings. The summed E-state index contributed by atoms with van der Waals surface area (Å²) in [4.78, 5) is 23.0. The average Bonchev–Trinajstić information content (AvgIpc) is 3.30. The van der Waals surface area contributed by atoms with Crippen LogP contribution >= 0.6 is 11.6 Å². The molecule has 1 unspecified atom stereocenters. The topological polar surface area (TPSA) is 72.8 Å². The number of fused-ring (bicyclic) bond motifs is 1. The van der Waals surface area contributed by atoms with Gasteiger partial charge in [0, 0.05) is 59.9 Å². The van der Waals surface area contributed by atoms with Crippen LogP contribution in [0.15, 0.2) is 73.2 Å². The summed E-state index contributed by atoms with van der Waals surface area (Å²) in [6, 6.07) is 20.0. The minimum atomic E-state index is -0.149. The lowest BCUT2D eigenvalue weighted by atomic mass is 9.87. The molecule has 0 aliphatic carbocycles. The predicted octanol–water partition coefficient (Wildman–Crippen LogP) is 6.24. The van der Waals surface area contributed by atoms with Crippen LogP contribution in [0.25, 0.3) is 10.9 Å². The number of nitriles is 1. The van der Waals surface area contributed by atoms with Gasteiger partial charge in [0.1, 0.15) is 0 Å². The quantitative estimate of drug-likeness (QED) is 0.314. The van der Waals surface area contributed by atoms with Crippen LogP contribution in [0.4, 0.5) is 0 Å². The molecule has 2 aromatic heterocycles. The maximum absolute atomic E-state index is 13.6. The van der Waals surface area contributed by atoms with Crippen molar-refractivity contribution in [3.8, 4) is 6.07 Å². The van der Waals surface area contributed by atoms with Crippen molar-refractivity contribution in [2.45, 2.75) is 38.6 Å². The number of amides is 1. The highest BCUT2D eigenvalue weighted by molar-refractivity contribution is 6.30. The summed E-state index contributed by atoms with van der Waals surface area (Å²) >= 11 is 6.16. The Kier molecular flexibility index (Phi) is 7.61. The van der Waals surface area contributed by atoms with Gasteiger partial charge in [0.2, 0.25) is 5.91 Å². The Labute approximate surface area is 205 Å². The zero-order valence-electron chi connectivity index (χ0n) is 19.2. The summed E-state index contributed by atoms with van der Waals surface area (Å²) in [6.07, 6.45) is 6.99. The lowest BCUT2D eigenvalue weighted by Crippen LogP contribution is -2.32. The van der Waals surface area contributed by atoms with E-state index in [2.05, 4.69) is 41.2 Å². The Hall–Kier alpha value is -3.62. The van der Waals surface area contributed by atoms with Gasteiger partial charge in [-0.15, -0.1) is 0 Å². The summed E-state index contributed by atoms with van der Waals surface area (Å²) in [5, 5.41) is 10.9. The van der Waals surface area contributed by atoms with Gasteiger partial charge in [-0.2, -0.15) is 5.26 Å². The number of aromatic amines is 1. The number of H-pyrrole nitrogens is 1. The molecule has 0 radical (unpaired) electrons. The van der Waals surface area contributed by atoms with E-state index in [0.29, 0.717) is 18.1 Å². The van der Waals surface area contributed by atoms with Gasteiger partial charge in [0.15, 0.2) is 0 Å². The minimum Gasteiger partial charge on any atom is -0.361 e. The second kappa shape index (κ2) is 11.0. The number of carbonyl (C=O) groups is 1. The molecule has 0 spiro atoms. The zero-order valence-corrected chi connectivity index (χ0v) is 19.9. The number of nitrogens with one attached hydrogen (secondary N) is 1. The molecule has 2 aromatic carbocycles. The Morgan fingerprint density at radius 2 is 2.00 bits per heavy atom. The number of nitrogens with zero attached hydrogens (tertiary/aromatic N) is 3. The van der Waals surface area contributed by atoms with Gasteiger partial charge < -0.3 is 9.88 Å². The van der Waals surface area contributed by atoms with Gasteiger partial charge in [-0.1, -0.05) is 54.9 Å². The highest BCUT2D eigenvalue weighted by Crippen LogP contribution is 2.35. The number of benzene rings is 2. The fourth-order valence-corrected chi connectivity index (χ4v) is 4.54. The van der Waals surface area contributed by atoms with Gasteiger partial charge in [0.25, 0.3) is 0 Å². The van der Waals surface area contributed by atoms with Crippen LogP contribution in [0.3, 0.4) is 0 Å². The van der Waals surface area contributed by atoms with Crippen LogP contribution in [-0.2, 0) is 17.8 Å². The third-order valence-corrected chi connectivity index (χ3v) is 6.44. The molecule has 2 heterocycles. The van der Waals surface area contributed by atoms with Crippen LogP contribution in [-0.4, -0.2) is 27.3 Å². The minimum absolute atomic E-state index is 0.0000455. The Balaban J connectivity index is 1.70. The molecule has 6 heteroatoms. The molecular weight excluding hydrogens is 444 g/mol. The first-order valence-corrected chi connectivity index (χ1v) is 11.9. The van der Waals surface area contributed by atoms with E-state index in [0.717, 1.165) is 34.0 Å². The van der Waals surface area contributed by atoms with Crippen LogP contribution in [0.5, 0.6) is 0 Å². The number of pyridine rings is 1. The SMILES string of the molecule is CCc1cccc2c(C(CC(=O)N(CCC#N)Cc3cccnc3)c3ccc(Cl)cc3)c[nH]c12. The number of aryl methyl sites for hydroxylation is 1. The van der Waals surface area contributed by atoms with Crippen molar-refractivity contribution in [3.05, 3.63) is 100 Å². The van der Waals surface area contributed by atoms with E-state index in [4.69, 9.17) is 16.9 Å². The maximum Gasteiger partial charge on any atom is 0.223 e. The number of para-hydroxylation sites is 1. The molecule has 1 atom stereocenters. The average molecular weight is 471 g/mol. The summed E-state index contributed by atoms with van der Waals surface area (Å²) in [5.41, 5.74) is 5.42. The fourth-order valence-electron chi connectivity index (χ4n) is 4.42. The number of aromatic nitrogens is 2. The number of rotatable bonds is 9. The van der Waals surface area contributed by atoms with Gasteiger partial charge in [0.05, 0.1) is 12.5 Å². The summed E-state index contributed by atoms with van der Waals surface area (Å²) < 4.78 is 0. The van der Waals surface area contributed by atoms with Crippen LogP contribution in [0, 0.1) is 11.3 Å². The van der Waals surface area contributed by atoms with Crippen molar-refractivity contribution >= 4 is 28.4 Å². The lowest BCUT2D eigenvalue weighted by Gasteiger charge is -2.25. The van der Waals surface area contributed by atoms with E-state index in [1.807, 2.05) is 42.6 Å². The molecule has 34 heavy (non-hydrogen) atoms. The smallest absolute Gasteiger partial charge is 0.223 e. The Morgan fingerprint density at radius 1 is 1.18 bits per heavy atom. The summed E-state index contributed by atoms with van der Waals surface area (Å²) in [6.45, 7) is 2.95. The van der Waals surface area contributed by atoms with Crippen LogP contribution in [0.1, 0.15) is 47.9 Å². The molecule has 0 aliphatic rings. The molecule has 172 valence electrons. The Bertz CT molecular complexity index is 1290. The van der Waals surface area contributed by atoms with Gasteiger partial charge >= 0.3 is 0 Å². The summed E-state index contributed by atoms with van der Waals surface area (Å²) in [5.74, 6) is -0.149. The number of hydrogen-bond acceptors (Lipinski definition) is 3. The second-order valence-electron chi connectivity index (χ2n) is 8.33. The lowest BCUT2D eigenvalue weighted by molar-refractivity contribution is -0.132. The first-order valence-electron chi connectivity index (χ1n) is 11.5. The monoisotopic (exact) mass is 470 g/mol. The van der Waals surface area contributed by atoms with E-state index >= 15 is 0 Å². The molecule has 0 aliphatic heterocycles. The molecule has 0 saturated heterocycles. The molecule has 5 nitrogen and oxygen atoms in total. The number of hydrogen-bond donors (Lipinski definition) is 1. The van der Waals surface area contributed by atoms with Crippen molar-refractivity contribution < 1.29 is 4.79 Å². The zero-order chi connectivity index (χ0) is 23.9. The highest BCUT2D eigenvalue weighted by atomic mass is 35.5. The van der Waals surface area contributed by atoms with E-state index < -0.39 is 0 Å². The molecular formula is C28H27ClN4O. The third kappa shape index (κ3) is 5.30. The van der Waals surface area contributed by atoms with Gasteiger partial charge in [-0.3, -0.25) is 9.78 Å². The molecule has 0 saturated carbocycles. The second-order valence-corrected chi connectivity index (χ2v) is 8.77. The molecule has 0 bridgehead atoms. The van der Waals surface area contributed by atoms with Crippen molar-refractivity contribution in [1.82, 2.24) is 14.9 Å². The standard InChI is InChI=1S/C28H27ClN4O/c1-2-21-7-3-8-24-26(18-32-28(21)24)25(22-9-11-23(29)12-10-22)16-27(34)33(15-5-13-30)19-20-6-4-14-31-17-20/h3-4,6-12,14,17-18,25,32H,2,5,15-16,19H2,1H3. The Morgan fingerprint density at radius 3 is 2.71 bits per heavy atom. The van der Waals surface area contributed by atoms with E-state index in [-0.39, 0.29) is 24.7 Å². The molecule has 4 rings (SSSR count). The third-order valence-electron chi connectivity index (χ3n) is 6.18.